The van der Waals surface area contributed by atoms with Crippen molar-refractivity contribution in [2.24, 2.45) is 5.73 Å². The van der Waals surface area contributed by atoms with E-state index in [1.54, 1.807) is 0 Å². The fourth-order valence-electron chi connectivity index (χ4n) is 1.63. The van der Waals surface area contributed by atoms with Gasteiger partial charge in [0.15, 0.2) is 0 Å². The Balaban J connectivity index is 2.44. The molecule has 0 heterocycles. The highest BCUT2D eigenvalue weighted by molar-refractivity contribution is 5.67. The molecule has 0 aromatic heterocycles. The molecule has 2 rings (SSSR count). The molecule has 2 aromatic carbocycles. The van der Waals surface area contributed by atoms with Crippen LogP contribution in [0.1, 0.15) is 0 Å². The molecule has 0 unspecified atom stereocenters. The highest BCUT2D eigenvalue weighted by atomic mass is 15.2. The Morgan fingerprint density at radius 1 is 0.812 bits per heavy atom. The first-order chi connectivity index (χ1) is 7.79. The van der Waals surface area contributed by atoms with Gasteiger partial charge in [0.1, 0.15) is 5.82 Å². The van der Waals surface area contributed by atoms with Crippen LogP contribution in [-0.4, -0.2) is 0 Å². The maximum absolute atomic E-state index is 5.83. The van der Waals surface area contributed by atoms with Crippen molar-refractivity contribution in [1.82, 2.24) is 0 Å². The lowest BCUT2D eigenvalue weighted by atomic mass is 10.2. The average Bonchev–Trinajstić information content (AvgIpc) is 2.31. The van der Waals surface area contributed by atoms with E-state index in [0.717, 1.165) is 11.4 Å². The maximum Gasteiger partial charge on any atom is 0.100 e. The smallest absolute Gasteiger partial charge is 0.100 e. The van der Waals surface area contributed by atoms with Crippen molar-refractivity contribution < 1.29 is 0 Å². The van der Waals surface area contributed by atoms with E-state index >= 15 is 0 Å². The van der Waals surface area contributed by atoms with Gasteiger partial charge in [-0.25, -0.2) is 0 Å². The largest absolute Gasteiger partial charge is 0.385 e. The minimum Gasteiger partial charge on any atom is -0.385 e. The highest BCUT2D eigenvalue weighted by Gasteiger charge is 2.08. The molecule has 0 fully saturated rings. The predicted octanol–water partition coefficient (Wildman–Crippen LogP) is 3.25. The number of benzene rings is 2. The van der Waals surface area contributed by atoms with Crippen molar-refractivity contribution in [3.8, 4) is 0 Å². The van der Waals surface area contributed by atoms with E-state index in [4.69, 9.17) is 5.73 Å². The van der Waals surface area contributed by atoms with Crippen LogP contribution < -0.4 is 10.6 Å². The number of nitrogens with two attached hydrogens (primary N) is 1. The lowest BCUT2D eigenvalue weighted by Crippen LogP contribution is -2.21. The molecule has 0 saturated heterocycles. The zero-order valence-electron chi connectivity index (χ0n) is 9.01. The van der Waals surface area contributed by atoms with Crippen LogP contribution >= 0.6 is 0 Å². The second kappa shape index (κ2) is 4.53. The molecule has 0 aliphatic rings. The summed E-state index contributed by atoms with van der Waals surface area (Å²) < 4.78 is 0. The number of rotatable bonds is 3. The second-order valence-corrected chi connectivity index (χ2v) is 3.50. The van der Waals surface area contributed by atoms with Gasteiger partial charge in [-0.15, -0.1) is 0 Å². The molecule has 0 aliphatic heterocycles. The van der Waals surface area contributed by atoms with Crippen molar-refractivity contribution in [3.63, 3.8) is 0 Å². The van der Waals surface area contributed by atoms with Crippen LogP contribution in [0, 0.1) is 0 Å². The first-order valence-corrected chi connectivity index (χ1v) is 5.13. The van der Waals surface area contributed by atoms with Gasteiger partial charge in [-0.05, 0) is 24.3 Å². The zero-order valence-corrected chi connectivity index (χ0v) is 9.01. The number of hydrogen-bond acceptors (Lipinski definition) is 2. The number of para-hydroxylation sites is 2. The molecule has 2 nitrogen and oxygen atoms in total. The molecule has 80 valence electrons. The first kappa shape index (κ1) is 10.3. The number of hydrogen-bond donors (Lipinski definition) is 1. The van der Waals surface area contributed by atoms with Gasteiger partial charge in [0.2, 0.25) is 0 Å². The van der Waals surface area contributed by atoms with Crippen molar-refractivity contribution in [3.05, 3.63) is 73.1 Å². The fourth-order valence-corrected chi connectivity index (χ4v) is 1.63. The molecule has 0 spiro atoms. The number of nitrogens with zero attached hydrogens (tertiary/aromatic N) is 1. The summed E-state index contributed by atoms with van der Waals surface area (Å²) in [5.41, 5.74) is 7.86. The lowest BCUT2D eigenvalue weighted by molar-refractivity contribution is 1.13. The van der Waals surface area contributed by atoms with Gasteiger partial charge in [-0.1, -0.05) is 43.0 Å². The molecular formula is C14H14N2. The minimum atomic E-state index is 0.511. The summed E-state index contributed by atoms with van der Waals surface area (Å²) in [6.07, 6.45) is 0. The van der Waals surface area contributed by atoms with Gasteiger partial charge in [0.05, 0.1) is 0 Å². The number of anilines is 2. The second-order valence-electron chi connectivity index (χ2n) is 3.50. The van der Waals surface area contributed by atoms with Crippen molar-refractivity contribution in [2.45, 2.75) is 0 Å². The maximum atomic E-state index is 5.83. The molecule has 0 amide bonds. The molecule has 2 heteroatoms. The summed E-state index contributed by atoms with van der Waals surface area (Å²) >= 11 is 0. The van der Waals surface area contributed by atoms with Crippen LogP contribution in [0.4, 0.5) is 11.4 Å². The molecule has 2 N–H and O–H groups in total. The summed E-state index contributed by atoms with van der Waals surface area (Å²) in [5.74, 6) is 0.511. The van der Waals surface area contributed by atoms with Crippen LogP contribution in [0.15, 0.2) is 73.1 Å². The van der Waals surface area contributed by atoms with E-state index in [1.165, 1.54) is 0 Å². The summed E-state index contributed by atoms with van der Waals surface area (Å²) in [4.78, 5) is 1.92. The van der Waals surface area contributed by atoms with Crippen LogP contribution in [0.2, 0.25) is 0 Å². The Labute approximate surface area is 95.6 Å². The Morgan fingerprint density at radius 2 is 1.19 bits per heavy atom. The molecule has 0 aliphatic carbocycles. The van der Waals surface area contributed by atoms with E-state index in [0.29, 0.717) is 5.82 Å². The van der Waals surface area contributed by atoms with Gasteiger partial charge in [0.25, 0.3) is 0 Å². The monoisotopic (exact) mass is 210 g/mol. The molecule has 0 radical (unpaired) electrons. The standard InChI is InChI=1S/C14H14N2/c1-12(15)16(13-8-4-2-5-9-13)14-10-6-3-7-11-14/h2-11H,1,15H2. The van der Waals surface area contributed by atoms with Crippen LogP contribution in [0.25, 0.3) is 0 Å². The van der Waals surface area contributed by atoms with Crippen molar-refractivity contribution in [1.29, 1.82) is 0 Å². The van der Waals surface area contributed by atoms with Crippen LogP contribution in [0.5, 0.6) is 0 Å². The first-order valence-electron chi connectivity index (χ1n) is 5.13. The van der Waals surface area contributed by atoms with Gasteiger partial charge in [0, 0.05) is 11.4 Å². The molecule has 0 bridgehead atoms. The average molecular weight is 210 g/mol. The van der Waals surface area contributed by atoms with Crippen molar-refractivity contribution in [2.75, 3.05) is 4.90 Å². The molecule has 2 aromatic rings. The quantitative estimate of drug-likeness (QED) is 0.842. The summed E-state index contributed by atoms with van der Waals surface area (Å²) in [6, 6.07) is 19.9. The summed E-state index contributed by atoms with van der Waals surface area (Å²) in [6.45, 7) is 3.81. The molecule has 0 atom stereocenters. The Morgan fingerprint density at radius 3 is 1.50 bits per heavy atom. The Hall–Kier alpha value is -2.22. The summed E-state index contributed by atoms with van der Waals surface area (Å²) in [5, 5.41) is 0. The fraction of sp³-hybridized carbons (Fsp3) is 0. The van der Waals surface area contributed by atoms with Gasteiger partial charge in [-0.2, -0.15) is 0 Å². The third-order valence-electron chi connectivity index (χ3n) is 2.32. The van der Waals surface area contributed by atoms with E-state index in [1.807, 2.05) is 65.6 Å². The van der Waals surface area contributed by atoms with Gasteiger partial charge >= 0.3 is 0 Å². The molecular weight excluding hydrogens is 196 g/mol. The van der Waals surface area contributed by atoms with E-state index in [2.05, 4.69) is 6.58 Å². The highest BCUT2D eigenvalue weighted by Crippen LogP contribution is 2.26. The lowest BCUT2D eigenvalue weighted by Gasteiger charge is -2.24. The molecule has 0 saturated carbocycles. The van der Waals surface area contributed by atoms with Gasteiger partial charge in [-0.3, -0.25) is 4.90 Å². The zero-order chi connectivity index (χ0) is 11.4. The van der Waals surface area contributed by atoms with Gasteiger partial charge < -0.3 is 5.73 Å². The Bertz CT molecular complexity index is 423. The minimum absolute atomic E-state index is 0.511. The third-order valence-corrected chi connectivity index (χ3v) is 2.32. The Kier molecular flexibility index (Phi) is 2.92. The molecule has 16 heavy (non-hydrogen) atoms. The SMILES string of the molecule is C=C(N)N(c1ccccc1)c1ccccc1. The van der Waals surface area contributed by atoms with E-state index in [9.17, 15) is 0 Å². The van der Waals surface area contributed by atoms with E-state index < -0.39 is 0 Å². The normalized spacial score (nSPS) is 9.75. The van der Waals surface area contributed by atoms with Crippen LogP contribution in [0.3, 0.4) is 0 Å². The third kappa shape index (κ3) is 2.06. The van der Waals surface area contributed by atoms with Crippen LogP contribution in [-0.2, 0) is 0 Å². The summed E-state index contributed by atoms with van der Waals surface area (Å²) in [7, 11) is 0. The topological polar surface area (TPSA) is 29.3 Å². The van der Waals surface area contributed by atoms with E-state index in [-0.39, 0.29) is 0 Å². The van der Waals surface area contributed by atoms with Crippen molar-refractivity contribution >= 4 is 11.4 Å². The predicted molar refractivity (Wildman–Crippen MR) is 68.4 cm³/mol.